The Morgan fingerprint density at radius 1 is 1.16 bits per heavy atom. The maximum absolute atomic E-state index is 13.2. The molecule has 2 saturated carbocycles. The standard InChI is InChI=1S/C20H20FN3O5S2/c21-17-11-22-20(30-17)23-19(26)18(24-29-14-5-3-13(25)4-6-14)12-1-7-15(8-2-12)31(27,28)16-9-10-16/h1-2,7-8,11,14,16H,3-6,9-10H2,(H,22,23,26)/b24-18+. The van der Waals surface area contributed by atoms with Gasteiger partial charge in [0.15, 0.2) is 25.8 Å². The number of hydrogen-bond donors (Lipinski definition) is 1. The molecule has 2 aliphatic rings. The fraction of sp³-hybridized carbons (Fsp3) is 0.400. The Morgan fingerprint density at radius 2 is 1.84 bits per heavy atom. The predicted octanol–water partition coefficient (Wildman–Crippen LogP) is 3.09. The minimum atomic E-state index is -3.36. The maximum Gasteiger partial charge on any atom is 0.280 e. The number of amides is 1. The average Bonchev–Trinajstić information content (AvgIpc) is 3.54. The first kappa shape index (κ1) is 21.6. The number of aromatic nitrogens is 1. The summed E-state index contributed by atoms with van der Waals surface area (Å²) in [7, 11) is -3.36. The van der Waals surface area contributed by atoms with E-state index in [0.29, 0.717) is 55.4 Å². The maximum atomic E-state index is 13.2. The second-order valence-electron chi connectivity index (χ2n) is 7.48. The fourth-order valence-electron chi connectivity index (χ4n) is 3.21. The van der Waals surface area contributed by atoms with Gasteiger partial charge in [-0.25, -0.2) is 13.4 Å². The highest BCUT2D eigenvalue weighted by atomic mass is 32.2. The van der Waals surface area contributed by atoms with E-state index in [4.69, 9.17) is 4.84 Å². The summed E-state index contributed by atoms with van der Waals surface area (Å²) < 4.78 is 38.0. The Labute approximate surface area is 182 Å². The molecule has 0 atom stereocenters. The van der Waals surface area contributed by atoms with Crippen molar-refractivity contribution >= 4 is 43.7 Å². The van der Waals surface area contributed by atoms with Gasteiger partial charge in [-0.2, -0.15) is 4.39 Å². The first-order chi connectivity index (χ1) is 14.8. The second kappa shape index (κ2) is 8.83. The van der Waals surface area contributed by atoms with Crippen molar-refractivity contribution in [2.45, 2.75) is 54.8 Å². The van der Waals surface area contributed by atoms with Crippen LogP contribution in [0.3, 0.4) is 0 Å². The molecule has 2 fully saturated rings. The summed E-state index contributed by atoms with van der Waals surface area (Å²) in [6, 6.07) is 5.86. The molecule has 8 nitrogen and oxygen atoms in total. The minimum absolute atomic E-state index is 0.0615. The van der Waals surface area contributed by atoms with E-state index >= 15 is 0 Å². The number of halogens is 1. The van der Waals surface area contributed by atoms with Crippen molar-refractivity contribution in [3.8, 4) is 0 Å². The van der Waals surface area contributed by atoms with Crippen LogP contribution in [0.1, 0.15) is 44.1 Å². The van der Waals surface area contributed by atoms with Crippen molar-refractivity contribution in [2.75, 3.05) is 5.32 Å². The largest absolute Gasteiger partial charge is 0.392 e. The molecule has 0 bridgehead atoms. The number of carbonyl (C=O) groups is 2. The number of carbonyl (C=O) groups excluding carboxylic acids is 2. The lowest BCUT2D eigenvalue weighted by molar-refractivity contribution is -0.123. The van der Waals surface area contributed by atoms with Gasteiger partial charge in [-0.15, -0.1) is 0 Å². The van der Waals surface area contributed by atoms with Crippen LogP contribution in [-0.2, 0) is 24.3 Å². The summed E-state index contributed by atoms with van der Waals surface area (Å²) in [6.07, 6.45) is 3.81. The number of ketones is 1. The number of benzene rings is 1. The zero-order valence-corrected chi connectivity index (χ0v) is 18.0. The van der Waals surface area contributed by atoms with Crippen LogP contribution in [0.25, 0.3) is 0 Å². The molecule has 2 aliphatic carbocycles. The molecule has 11 heteroatoms. The van der Waals surface area contributed by atoms with E-state index in [2.05, 4.69) is 15.5 Å². The van der Waals surface area contributed by atoms with Crippen molar-refractivity contribution in [1.29, 1.82) is 0 Å². The number of nitrogens with zero attached hydrogens (tertiary/aromatic N) is 2. The van der Waals surface area contributed by atoms with Crippen LogP contribution >= 0.6 is 11.3 Å². The SMILES string of the molecule is O=C1CCC(O/N=C(/C(=O)Nc2ncc(F)s2)c2ccc(S(=O)(=O)C3CC3)cc2)CC1. The zero-order valence-electron chi connectivity index (χ0n) is 16.4. The van der Waals surface area contributed by atoms with E-state index in [1.54, 1.807) is 0 Å². The Kier molecular flexibility index (Phi) is 6.15. The Morgan fingerprint density at radius 3 is 2.42 bits per heavy atom. The summed E-state index contributed by atoms with van der Waals surface area (Å²) in [4.78, 5) is 33.7. The van der Waals surface area contributed by atoms with Crippen LogP contribution in [0.2, 0.25) is 0 Å². The van der Waals surface area contributed by atoms with Crippen molar-refractivity contribution in [3.05, 3.63) is 41.2 Å². The van der Waals surface area contributed by atoms with Gasteiger partial charge in [0.05, 0.1) is 16.3 Å². The second-order valence-corrected chi connectivity index (χ2v) is 10.7. The number of oxime groups is 1. The monoisotopic (exact) mass is 465 g/mol. The van der Waals surface area contributed by atoms with Gasteiger partial charge in [-0.05, 0) is 37.8 Å². The van der Waals surface area contributed by atoms with Crippen molar-refractivity contribution < 1.29 is 27.2 Å². The van der Waals surface area contributed by atoms with Gasteiger partial charge in [-0.3, -0.25) is 14.9 Å². The molecule has 2 aromatic rings. The molecule has 4 rings (SSSR count). The zero-order chi connectivity index (χ0) is 22.0. The Bertz CT molecular complexity index is 1110. The first-order valence-electron chi connectivity index (χ1n) is 9.85. The van der Waals surface area contributed by atoms with Crippen LogP contribution in [0.4, 0.5) is 9.52 Å². The van der Waals surface area contributed by atoms with Gasteiger partial charge in [0.2, 0.25) is 0 Å². The number of hydrogen-bond acceptors (Lipinski definition) is 8. The van der Waals surface area contributed by atoms with Gasteiger partial charge in [0.1, 0.15) is 11.9 Å². The average molecular weight is 466 g/mol. The normalized spacial score (nSPS) is 18.1. The van der Waals surface area contributed by atoms with E-state index in [0.717, 1.165) is 6.20 Å². The molecular formula is C20H20FN3O5S2. The first-order valence-corrected chi connectivity index (χ1v) is 12.2. The van der Waals surface area contributed by atoms with Crippen molar-refractivity contribution in [2.24, 2.45) is 5.16 Å². The molecule has 31 heavy (non-hydrogen) atoms. The van der Waals surface area contributed by atoms with E-state index in [1.807, 2.05) is 0 Å². The van der Waals surface area contributed by atoms with Gasteiger partial charge in [0, 0.05) is 18.4 Å². The lowest BCUT2D eigenvalue weighted by Crippen LogP contribution is -2.26. The summed E-state index contributed by atoms with van der Waals surface area (Å²) in [5.41, 5.74) is 0.249. The number of Topliss-reactive ketones (excluding diaryl/α,β-unsaturated/α-hetero) is 1. The van der Waals surface area contributed by atoms with Crippen LogP contribution in [0.5, 0.6) is 0 Å². The van der Waals surface area contributed by atoms with E-state index < -0.39 is 20.9 Å². The summed E-state index contributed by atoms with van der Waals surface area (Å²) in [5.74, 6) is -0.501. The highest BCUT2D eigenvalue weighted by Crippen LogP contribution is 2.33. The molecule has 1 N–H and O–H groups in total. The van der Waals surface area contributed by atoms with Crippen molar-refractivity contribution in [1.82, 2.24) is 4.98 Å². The van der Waals surface area contributed by atoms with Crippen LogP contribution in [0, 0.1) is 5.13 Å². The highest BCUT2D eigenvalue weighted by Gasteiger charge is 2.36. The molecule has 1 aromatic carbocycles. The van der Waals surface area contributed by atoms with E-state index in [1.165, 1.54) is 24.3 Å². The molecule has 1 heterocycles. The smallest absolute Gasteiger partial charge is 0.280 e. The number of nitrogens with one attached hydrogen (secondary N) is 1. The molecule has 1 aromatic heterocycles. The van der Waals surface area contributed by atoms with Crippen LogP contribution in [-0.4, -0.2) is 42.2 Å². The topological polar surface area (TPSA) is 115 Å². The van der Waals surface area contributed by atoms with Crippen molar-refractivity contribution in [3.63, 3.8) is 0 Å². The van der Waals surface area contributed by atoms with E-state index in [9.17, 15) is 22.4 Å². The predicted molar refractivity (Wildman–Crippen MR) is 112 cm³/mol. The molecule has 164 valence electrons. The summed E-state index contributed by atoms with van der Waals surface area (Å²) in [6.45, 7) is 0. The van der Waals surface area contributed by atoms with E-state index in [-0.39, 0.29) is 32.9 Å². The molecule has 0 aliphatic heterocycles. The summed E-state index contributed by atoms with van der Waals surface area (Å²) >= 11 is 0.669. The van der Waals surface area contributed by atoms with Crippen LogP contribution < -0.4 is 5.32 Å². The molecule has 0 spiro atoms. The molecule has 0 unspecified atom stereocenters. The lowest BCUT2D eigenvalue weighted by atomic mass is 9.97. The molecule has 0 saturated heterocycles. The Balaban J connectivity index is 1.57. The highest BCUT2D eigenvalue weighted by molar-refractivity contribution is 7.92. The minimum Gasteiger partial charge on any atom is -0.392 e. The van der Waals surface area contributed by atoms with Gasteiger partial charge >= 0.3 is 0 Å². The number of rotatable bonds is 7. The van der Waals surface area contributed by atoms with Gasteiger partial charge < -0.3 is 4.84 Å². The number of anilines is 1. The summed E-state index contributed by atoms with van der Waals surface area (Å²) in [5, 5.41) is 5.66. The fourth-order valence-corrected chi connectivity index (χ4v) is 5.41. The number of thiazole rings is 1. The molecular weight excluding hydrogens is 445 g/mol. The third-order valence-corrected chi connectivity index (χ3v) is 8.10. The third kappa shape index (κ3) is 5.16. The Hall–Kier alpha value is -2.66. The van der Waals surface area contributed by atoms with Crippen LogP contribution in [0.15, 0.2) is 40.5 Å². The lowest BCUT2D eigenvalue weighted by Gasteiger charge is -2.19. The quantitative estimate of drug-likeness (QED) is 0.496. The third-order valence-electron chi connectivity index (χ3n) is 5.12. The molecule has 1 amide bonds. The number of sulfone groups is 1. The van der Waals surface area contributed by atoms with Gasteiger partial charge in [0.25, 0.3) is 5.91 Å². The van der Waals surface area contributed by atoms with Gasteiger partial charge in [-0.1, -0.05) is 28.6 Å². The molecule has 0 radical (unpaired) electrons.